The van der Waals surface area contributed by atoms with E-state index in [1.165, 1.54) is 11.8 Å². The minimum Gasteiger partial charge on any atom is -0.465 e. The van der Waals surface area contributed by atoms with Crippen LogP contribution in [0.3, 0.4) is 0 Å². The van der Waals surface area contributed by atoms with Gasteiger partial charge in [0.05, 0.1) is 12.4 Å². The van der Waals surface area contributed by atoms with Gasteiger partial charge < -0.3 is 9.30 Å². The van der Waals surface area contributed by atoms with Crippen LogP contribution < -0.4 is 0 Å². The summed E-state index contributed by atoms with van der Waals surface area (Å²) >= 11 is 1.37. The summed E-state index contributed by atoms with van der Waals surface area (Å²) in [5, 5.41) is 9.30. The second-order valence-electron chi connectivity index (χ2n) is 5.27. The second-order valence-corrected chi connectivity index (χ2v) is 6.21. The van der Waals surface area contributed by atoms with Crippen molar-refractivity contribution < 1.29 is 9.53 Å². The van der Waals surface area contributed by atoms with Crippen molar-refractivity contribution in [2.45, 2.75) is 32.5 Å². The molecule has 0 aliphatic rings. The van der Waals surface area contributed by atoms with Gasteiger partial charge >= 0.3 is 5.97 Å². The van der Waals surface area contributed by atoms with Crippen LogP contribution >= 0.6 is 11.8 Å². The Labute approximate surface area is 135 Å². The molecule has 0 amide bonds. The molecule has 1 heterocycles. The third kappa shape index (κ3) is 4.34. The summed E-state index contributed by atoms with van der Waals surface area (Å²) < 4.78 is 7.03. The summed E-state index contributed by atoms with van der Waals surface area (Å²) in [5.41, 5.74) is 1.03. The number of carbonyl (C=O) groups excluding carboxylic acids is 1. The highest BCUT2D eigenvalue weighted by atomic mass is 32.2. The van der Waals surface area contributed by atoms with Crippen molar-refractivity contribution in [2.75, 3.05) is 12.4 Å². The smallest absolute Gasteiger partial charge is 0.316 e. The van der Waals surface area contributed by atoms with Crippen LogP contribution in [0.25, 0.3) is 11.4 Å². The topological polar surface area (TPSA) is 57.0 Å². The summed E-state index contributed by atoms with van der Waals surface area (Å²) in [6, 6.07) is 9.97. The Morgan fingerprint density at radius 3 is 2.64 bits per heavy atom. The fourth-order valence-electron chi connectivity index (χ4n) is 2.05. The monoisotopic (exact) mass is 319 g/mol. The molecule has 6 heteroatoms. The number of aromatic nitrogens is 3. The van der Waals surface area contributed by atoms with Crippen molar-refractivity contribution in [3.05, 3.63) is 30.3 Å². The van der Waals surface area contributed by atoms with E-state index in [0.717, 1.165) is 23.1 Å². The Morgan fingerprint density at radius 1 is 1.27 bits per heavy atom. The van der Waals surface area contributed by atoms with Gasteiger partial charge in [-0.3, -0.25) is 4.79 Å². The maximum absolute atomic E-state index is 11.5. The van der Waals surface area contributed by atoms with Crippen LogP contribution in [0.15, 0.2) is 35.5 Å². The van der Waals surface area contributed by atoms with Crippen molar-refractivity contribution in [3.63, 3.8) is 0 Å². The van der Waals surface area contributed by atoms with Gasteiger partial charge in [-0.05, 0) is 12.8 Å². The first-order chi connectivity index (χ1) is 10.6. The van der Waals surface area contributed by atoms with Gasteiger partial charge in [-0.2, -0.15) is 0 Å². The fraction of sp³-hybridized carbons (Fsp3) is 0.438. The molecule has 2 aromatic rings. The van der Waals surface area contributed by atoms with Crippen LogP contribution in [0.5, 0.6) is 0 Å². The normalized spacial score (nSPS) is 10.9. The van der Waals surface area contributed by atoms with Gasteiger partial charge in [0, 0.05) is 12.1 Å². The first-order valence-electron chi connectivity index (χ1n) is 7.38. The summed E-state index contributed by atoms with van der Waals surface area (Å²) in [6.45, 7) is 7.30. The Morgan fingerprint density at radius 2 is 2.00 bits per heavy atom. The molecule has 0 saturated heterocycles. The minimum atomic E-state index is -0.229. The summed E-state index contributed by atoms with van der Waals surface area (Å²) in [6.07, 6.45) is 0. The molecule has 0 saturated carbocycles. The molecular weight excluding hydrogens is 298 g/mol. The highest BCUT2D eigenvalue weighted by Crippen LogP contribution is 2.25. The molecule has 2 rings (SSSR count). The molecule has 118 valence electrons. The zero-order chi connectivity index (χ0) is 15.9. The molecule has 0 spiro atoms. The maximum atomic E-state index is 11.5. The molecule has 1 aromatic heterocycles. The molecule has 0 atom stereocenters. The highest BCUT2D eigenvalue weighted by Gasteiger charge is 2.16. The van der Waals surface area contributed by atoms with E-state index in [4.69, 9.17) is 4.74 Å². The van der Waals surface area contributed by atoms with Crippen molar-refractivity contribution in [2.24, 2.45) is 5.92 Å². The lowest BCUT2D eigenvalue weighted by atomic mass is 10.2. The lowest BCUT2D eigenvalue weighted by molar-refractivity contribution is -0.139. The van der Waals surface area contributed by atoms with Gasteiger partial charge in [0.2, 0.25) is 0 Å². The number of nitrogens with zero attached hydrogens (tertiary/aromatic N) is 3. The number of benzene rings is 1. The van der Waals surface area contributed by atoms with E-state index < -0.39 is 0 Å². The number of carbonyl (C=O) groups is 1. The standard InChI is InChI=1S/C16H21N3O2S/c1-4-21-14(20)11-22-16-18-17-15(19(16)10-12(2)3)13-8-6-5-7-9-13/h5-9,12H,4,10-11H2,1-3H3. The predicted octanol–water partition coefficient (Wildman–Crippen LogP) is 3.26. The first-order valence-corrected chi connectivity index (χ1v) is 8.37. The molecule has 0 aliphatic heterocycles. The van der Waals surface area contributed by atoms with E-state index in [2.05, 4.69) is 28.6 Å². The summed E-state index contributed by atoms with van der Waals surface area (Å²) in [5.74, 6) is 1.31. The Hall–Kier alpha value is -1.82. The largest absolute Gasteiger partial charge is 0.465 e. The molecule has 0 unspecified atom stereocenters. The van der Waals surface area contributed by atoms with Gasteiger partial charge in [-0.15, -0.1) is 10.2 Å². The molecule has 22 heavy (non-hydrogen) atoms. The number of hydrogen-bond acceptors (Lipinski definition) is 5. The number of hydrogen-bond donors (Lipinski definition) is 0. The first kappa shape index (κ1) is 16.5. The zero-order valence-electron chi connectivity index (χ0n) is 13.2. The van der Waals surface area contributed by atoms with Crippen molar-refractivity contribution in [1.29, 1.82) is 0 Å². The van der Waals surface area contributed by atoms with Crippen LogP contribution in [0.4, 0.5) is 0 Å². The SMILES string of the molecule is CCOC(=O)CSc1nnc(-c2ccccc2)n1CC(C)C. The van der Waals surface area contributed by atoms with Gasteiger partial charge in [0.1, 0.15) is 0 Å². The molecule has 0 N–H and O–H groups in total. The highest BCUT2D eigenvalue weighted by molar-refractivity contribution is 7.99. The van der Waals surface area contributed by atoms with Gasteiger partial charge in [-0.25, -0.2) is 0 Å². The van der Waals surface area contributed by atoms with Gasteiger partial charge in [0.15, 0.2) is 11.0 Å². The predicted molar refractivity (Wildman–Crippen MR) is 87.7 cm³/mol. The van der Waals surface area contributed by atoms with Crippen molar-refractivity contribution in [3.8, 4) is 11.4 Å². The van der Waals surface area contributed by atoms with E-state index in [9.17, 15) is 4.79 Å². The van der Waals surface area contributed by atoms with E-state index in [1.807, 2.05) is 30.3 Å². The summed E-state index contributed by atoms with van der Waals surface area (Å²) in [7, 11) is 0. The molecular formula is C16H21N3O2S. The third-order valence-electron chi connectivity index (χ3n) is 2.92. The average molecular weight is 319 g/mol. The lowest BCUT2D eigenvalue weighted by Gasteiger charge is -2.12. The number of ether oxygens (including phenoxy) is 1. The van der Waals surface area contributed by atoms with Crippen LogP contribution in [-0.4, -0.2) is 33.1 Å². The van der Waals surface area contributed by atoms with Crippen LogP contribution in [0.1, 0.15) is 20.8 Å². The van der Waals surface area contributed by atoms with Crippen molar-refractivity contribution in [1.82, 2.24) is 14.8 Å². The molecule has 0 radical (unpaired) electrons. The molecule has 1 aromatic carbocycles. The molecule has 0 aliphatic carbocycles. The van der Waals surface area contributed by atoms with Crippen LogP contribution in [-0.2, 0) is 16.1 Å². The second kappa shape index (κ2) is 7.98. The van der Waals surface area contributed by atoms with Crippen molar-refractivity contribution >= 4 is 17.7 Å². The van der Waals surface area contributed by atoms with E-state index in [-0.39, 0.29) is 11.7 Å². The number of esters is 1. The quantitative estimate of drug-likeness (QED) is 0.579. The summed E-state index contributed by atoms with van der Waals surface area (Å²) in [4.78, 5) is 11.5. The molecule has 0 bridgehead atoms. The fourth-order valence-corrected chi connectivity index (χ4v) is 2.80. The van der Waals surface area contributed by atoms with E-state index >= 15 is 0 Å². The Bertz CT molecular complexity index is 611. The minimum absolute atomic E-state index is 0.229. The lowest BCUT2D eigenvalue weighted by Crippen LogP contribution is -2.10. The van der Waals surface area contributed by atoms with Crippen LogP contribution in [0, 0.1) is 5.92 Å². The van der Waals surface area contributed by atoms with Crippen LogP contribution in [0.2, 0.25) is 0 Å². The average Bonchev–Trinajstić information content (AvgIpc) is 2.88. The van der Waals surface area contributed by atoms with Gasteiger partial charge in [0.25, 0.3) is 0 Å². The molecule has 0 fully saturated rings. The number of rotatable bonds is 7. The van der Waals surface area contributed by atoms with Gasteiger partial charge in [-0.1, -0.05) is 55.9 Å². The Balaban J connectivity index is 2.23. The third-order valence-corrected chi connectivity index (χ3v) is 3.86. The molecule has 5 nitrogen and oxygen atoms in total. The zero-order valence-corrected chi connectivity index (χ0v) is 14.0. The maximum Gasteiger partial charge on any atom is 0.316 e. The number of thioether (sulfide) groups is 1. The Kier molecular flexibility index (Phi) is 6.00. The van der Waals surface area contributed by atoms with E-state index in [0.29, 0.717) is 12.5 Å². The van der Waals surface area contributed by atoms with E-state index in [1.54, 1.807) is 6.92 Å².